The second kappa shape index (κ2) is 10.3. The van der Waals surface area contributed by atoms with Crippen molar-refractivity contribution in [2.75, 3.05) is 32.0 Å². The molecular formula is C25H23N5O4. The van der Waals surface area contributed by atoms with Gasteiger partial charge in [-0.25, -0.2) is 9.97 Å². The summed E-state index contributed by atoms with van der Waals surface area (Å²) in [5, 5.41) is 6.05. The lowest BCUT2D eigenvalue weighted by molar-refractivity contribution is 0.102. The summed E-state index contributed by atoms with van der Waals surface area (Å²) in [5.41, 5.74) is 3.30. The molecule has 0 aliphatic rings. The number of hydrogen-bond donors (Lipinski definition) is 2. The first-order chi connectivity index (χ1) is 16.6. The van der Waals surface area contributed by atoms with E-state index in [9.17, 15) is 4.79 Å². The zero-order chi connectivity index (χ0) is 23.9. The molecule has 0 aliphatic carbocycles. The van der Waals surface area contributed by atoms with Crippen LogP contribution >= 0.6 is 0 Å². The Morgan fingerprint density at radius 1 is 0.853 bits per heavy atom. The summed E-state index contributed by atoms with van der Waals surface area (Å²) in [4.78, 5) is 25.9. The number of benzene rings is 2. The van der Waals surface area contributed by atoms with Crippen molar-refractivity contribution in [2.24, 2.45) is 0 Å². The second-order valence-corrected chi connectivity index (χ2v) is 7.08. The first-order valence-electron chi connectivity index (χ1n) is 10.3. The average Bonchev–Trinajstić information content (AvgIpc) is 2.88. The van der Waals surface area contributed by atoms with Crippen LogP contribution < -0.4 is 24.8 Å². The maximum Gasteiger partial charge on any atom is 0.255 e. The Morgan fingerprint density at radius 3 is 2.29 bits per heavy atom. The van der Waals surface area contributed by atoms with Crippen LogP contribution in [0.5, 0.6) is 17.2 Å². The number of carbonyl (C=O) groups excluding carboxylic acids is 1. The molecule has 34 heavy (non-hydrogen) atoms. The number of aromatic nitrogens is 3. The summed E-state index contributed by atoms with van der Waals surface area (Å²) in [6.45, 7) is 0. The summed E-state index contributed by atoms with van der Waals surface area (Å²) in [6.07, 6.45) is 5.13. The Bertz CT molecular complexity index is 1270. The van der Waals surface area contributed by atoms with E-state index >= 15 is 0 Å². The van der Waals surface area contributed by atoms with Crippen molar-refractivity contribution < 1.29 is 19.0 Å². The molecule has 2 heterocycles. The molecule has 9 nitrogen and oxygen atoms in total. The number of ether oxygens (including phenoxy) is 3. The summed E-state index contributed by atoms with van der Waals surface area (Å²) in [5.74, 6) is 1.31. The van der Waals surface area contributed by atoms with Gasteiger partial charge in [0.25, 0.3) is 5.91 Å². The quantitative estimate of drug-likeness (QED) is 0.397. The maximum atomic E-state index is 12.9. The molecule has 0 saturated heterocycles. The Labute approximate surface area is 196 Å². The van der Waals surface area contributed by atoms with Crippen molar-refractivity contribution in [1.29, 1.82) is 0 Å². The van der Waals surface area contributed by atoms with E-state index in [1.54, 1.807) is 42.9 Å². The summed E-state index contributed by atoms with van der Waals surface area (Å²) < 4.78 is 16.0. The molecule has 4 aromatic rings. The first-order valence-corrected chi connectivity index (χ1v) is 10.3. The predicted molar refractivity (Wildman–Crippen MR) is 129 cm³/mol. The Kier molecular flexibility index (Phi) is 6.83. The van der Waals surface area contributed by atoms with Crippen LogP contribution in [0.2, 0.25) is 0 Å². The molecular weight excluding hydrogens is 434 g/mol. The number of hydrogen-bond acceptors (Lipinski definition) is 8. The third-order valence-electron chi connectivity index (χ3n) is 4.92. The zero-order valence-corrected chi connectivity index (χ0v) is 18.9. The molecule has 4 rings (SSSR count). The maximum absolute atomic E-state index is 12.9. The normalized spacial score (nSPS) is 10.3. The number of methoxy groups -OCH3 is 3. The minimum atomic E-state index is -0.328. The molecule has 2 N–H and O–H groups in total. The molecule has 0 saturated carbocycles. The van der Waals surface area contributed by atoms with Gasteiger partial charge in [0.05, 0.1) is 27.0 Å². The van der Waals surface area contributed by atoms with Gasteiger partial charge in [-0.1, -0.05) is 6.07 Å². The van der Waals surface area contributed by atoms with Crippen LogP contribution in [-0.4, -0.2) is 42.2 Å². The van der Waals surface area contributed by atoms with Gasteiger partial charge >= 0.3 is 0 Å². The number of anilines is 3. The molecule has 0 radical (unpaired) electrons. The summed E-state index contributed by atoms with van der Waals surface area (Å²) in [7, 11) is 4.51. The van der Waals surface area contributed by atoms with Gasteiger partial charge < -0.3 is 24.8 Å². The van der Waals surface area contributed by atoms with E-state index in [-0.39, 0.29) is 5.91 Å². The molecule has 2 aromatic carbocycles. The number of nitrogens with one attached hydrogen (secondary N) is 2. The Morgan fingerprint density at radius 2 is 1.62 bits per heavy atom. The molecule has 2 aromatic heterocycles. The molecule has 0 fully saturated rings. The lowest BCUT2D eigenvalue weighted by atomic mass is 10.1. The topological polar surface area (TPSA) is 107 Å². The lowest BCUT2D eigenvalue weighted by Crippen LogP contribution is -2.12. The molecule has 0 aliphatic heterocycles. The fourth-order valence-corrected chi connectivity index (χ4v) is 3.31. The van der Waals surface area contributed by atoms with Gasteiger partial charge in [0.15, 0.2) is 11.5 Å². The highest BCUT2D eigenvalue weighted by molar-refractivity contribution is 6.05. The van der Waals surface area contributed by atoms with Crippen molar-refractivity contribution in [3.05, 3.63) is 78.8 Å². The summed E-state index contributed by atoms with van der Waals surface area (Å²) in [6, 6.07) is 16.0. The Hall–Kier alpha value is -4.66. The SMILES string of the molecule is COc1cc(C(=O)Nc2cccc(Nc3nccc(-c4cccnc4)n3)c2)cc(OC)c1OC. The van der Waals surface area contributed by atoms with Crippen molar-refractivity contribution in [2.45, 2.75) is 0 Å². The van der Waals surface area contributed by atoms with Gasteiger partial charge in [-0.2, -0.15) is 0 Å². The van der Waals surface area contributed by atoms with E-state index in [2.05, 4.69) is 25.6 Å². The molecule has 172 valence electrons. The smallest absolute Gasteiger partial charge is 0.255 e. The fourth-order valence-electron chi connectivity index (χ4n) is 3.31. The molecule has 0 spiro atoms. The third-order valence-corrected chi connectivity index (χ3v) is 4.92. The van der Waals surface area contributed by atoms with Crippen LogP contribution in [0.25, 0.3) is 11.3 Å². The van der Waals surface area contributed by atoms with Gasteiger partial charge in [0.1, 0.15) is 0 Å². The van der Waals surface area contributed by atoms with E-state index in [1.165, 1.54) is 21.3 Å². The van der Waals surface area contributed by atoms with Crippen molar-refractivity contribution in [3.63, 3.8) is 0 Å². The minimum absolute atomic E-state index is 0.328. The van der Waals surface area contributed by atoms with Gasteiger partial charge in [-0.3, -0.25) is 9.78 Å². The second-order valence-electron chi connectivity index (χ2n) is 7.08. The molecule has 9 heteroatoms. The number of amides is 1. The molecule has 1 amide bonds. The third kappa shape index (κ3) is 5.04. The highest BCUT2D eigenvalue weighted by Crippen LogP contribution is 2.38. The Balaban J connectivity index is 1.52. The van der Waals surface area contributed by atoms with Crippen molar-refractivity contribution in [3.8, 4) is 28.5 Å². The van der Waals surface area contributed by atoms with Gasteiger partial charge in [-0.15, -0.1) is 0 Å². The lowest BCUT2D eigenvalue weighted by Gasteiger charge is -2.14. The molecule has 0 bridgehead atoms. The zero-order valence-electron chi connectivity index (χ0n) is 18.9. The number of rotatable bonds is 8. The number of carbonyl (C=O) groups is 1. The van der Waals surface area contributed by atoms with E-state index in [4.69, 9.17) is 14.2 Å². The number of pyridine rings is 1. The van der Waals surface area contributed by atoms with Crippen molar-refractivity contribution >= 4 is 23.2 Å². The summed E-state index contributed by atoms with van der Waals surface area (Å²) >= 11 is 0. The van der Waals surface area contributed by atoms with Crippen molar-refractivity contribution in [1.82, 2.24) is 15.0 Å². The highest BCUT2D eigenvalue weighted by Gasteiger charge is 2.17. The first kappa shape index (κ1) is 22.5. The highest BCUT2D eigenvalue weighted by atomic mass is 16.5. The average molecular weight is 457 g/mol. The molecule has 0 unspecified atom stereocenters. The fraction of sp³-hybridized carbons (Fsp3) is 0.120. The van der Waals surface area contributed by atoms with Crippen LogP contribution in [0.4, 0.5) is 17.3 Å². The van der Waals surface area contributed by atoms with Crippen LogP contribution in [-0.2, 0) is 0 Å². The standard InChI is InChI=1S/C25H23N5O4/c1-32-21-12-17(13-22(33-2)23(21)34-3)24(31)28-18-7-4-8-19(14-18)29-25-27-11-9-20(30-25)16-6-5-10-26-15-16/h4-15H,1-3H3,(H,28,31)(H,27,29,30). The molecule has 0 atom stereocenters. The van der Waals surface area contributed by atoms with Crippen LogP contribution in [0.3, 0.4) is 0 Å². The van der Waals surface area contributed by atoms with Gasteiger partial charge in [-0.05, 0) is 48.5 Å². The van der Waals surface area contributed by atoms with Gasteiger partial charge in [0.2, 0.25) is 11.7 Å². The largest absolute Gasteiger partial charge is 0.493 e. The van der Waals surface area contributed by atoms with Crippen LogP contribution in [0.1, 0.15) is 10.4 Å². The number of nitrogens with zero attached hydrogens (tertiary/aromatic N) is 3. The predicted octanol–water partition coefficient (Wildman–Crippen LogP) is 4.56. The minimum Gasteiger partial charge on any atom is -0.493 e. The van der Waals surface area contributed by atoms with Gasteiger partial charge in [0, 0.05) is 41.1 Å². The van der Waals surface area contributed by atoms with E-state index in [0.29, 0.717) is 40.1 Å². The van der Waals surface area contributed by atoms with Crippen LogP contribution in [0, 0.1) is 0 Å². The monoisotopic (exact) mass is 457 g/mol. The van der Waals surface area contributed by atoms with E-state index in [0.717, 1.165) is 11.3 Å². The van der Waals surface area contributed by atoms with E-state index < -0.39 is 0 Å². The van der Waals surface area contributed by atoms with Crippen LogP contribution in [0.15, 0.2) is 73.2 Å². The van der Waals surface area contributed by atoms with E-state index in [1.807, 2.05) is 30.3 Å².